The van der Waals surface area contributed by atoms with Gasteiger partial charge >= 0.3 is 0 Å². The molecule has 2 aromatic rings. The van der Waals surface area contributed by atoms with Crippen LogP contribution in [0.4, 0.5) is 0 Å². The summed E-state index contributed by atoms with van der Waals surface area (Å²) in [5.41, 5.74) is 1.65. The summed E-state index contributed by atoms with van der Waals surface area (Å²) in [6, 6.07) is 10.9. The van der Waals surface area contributed by atoms with Crippen molar-refractivity contribution in [2.45, 2.75) is 0 Å². The Bertz CT molecular complexity index is 552. The molecule has 0 radical (unpaired) electrons. The van der Waals surface area contributed by atoms with Crippen LogP contribution in [-0.4, -0.2) is 7.11 Å². The Balaban J connectivity index is 2.57. The SMILES string of the molecule is COc1ccc(-c2cccc(Cl)c2Cl)c(Cl)c1. The van der Waals surface area contributed by atoms with Gasteiger partial charge in [-0.2, -0.15) is 0 Å². The summed E-state index contributed by atoms with van der Waals surface area (Å²) in [4.78, 5) is 0. The van der Waals surface area contributed by atoms with Gasteiger partial charge in [-0.05, 0) is 24.3 Å². The molecule has 0 saturated heterocycles. The molecule has 2 aromatic carbocycles. The summed E-state index contributed by atoms with van der Waals surface area (Å²) in [6.45, 7) is 0. The number of hydrogen-bond acceptors (Lipinski definition) is 1. The minimum absolute atomic E-state index is 0.501. The number of hydrogen-bond donors (Lipinski definition) is 0. The summed E-state index contributed by atoms with van der Waals surface area (Å²) in [7, 11) is 1.59. The van der Waals surface area contributed by atoms with Gasteiger partial charge < -0.3 is 4.74 Å². The van der Waals surface area contributed by atoms with E-state index >= 15 is 0 Å². The van der Waals surface area contributed by atoms with Crippen LogP contribution in [0.5, 0.6) is 5.75 Å². The third kappa shape index (κ3) is 2.52. The Morgan fingerprint density at radius 3 is 2.29 bits per heavy atom. The predicted molar refractivity (Wildman–Crippen MR) is 73.5 cm³/mol. The molecule has 2 rings (SSSR count). The first-order valence-electron chi connectivity index (χ1n) is 4.91. The molecule has 0 bridgehead atoms. The van der Waals surface area contributed by atoms with Crippen LogP contribution in [0.3, 0.4) is 0 Å². The van der Waals surface area contributed by atoms with Crippen molar-refractivity contribution in [3.05, 3.63) is 51.5 Å². The smallest absolute Gasteiger partial charge is 0.120 e. The van der Waals surface area contributed by atoms with Gasteiger partial charge in [0.05, 0.1) is 22.2 Å². The van der Waals surface area contributed by atoms with Crippen LogP contribution in [0, 0.1) is 0 Å². The van der Waals surface area contributed by atoms with Gasteiger partial charge in [-0.3, -0.25) is 0 Å². The fraction of sp³-hybridized carbons (Fsp3) is 0.0769. The van der Waals surface area contributed by atoms with Crippen LogP contribution in [0.25, 0.3) is 11.1 Å². The molecule has 0 aliphatic rings. The van der Waals surface area contributed by atoms with Crippen LogP contribution >= 0.6 is 34.8 Å². The Morgan fingerprint density at radius 2 is 1.65 bits per heavy atom. The van der Waals surface area contributed by atoms with E-state index in [0.717, 1.165) is 11.1 Å². The van der Waals surface area contributed by atoms with Gasteiger partial charge in [0, 0.05) is 11.1 Å². The molecular weight excluding hydrogens is 279 g/mol. The van der Waals surface area contributed by atoms with Gasteiger partial charge in [0.25, 0.3) is 0 Å². The first-order valence-corrected chi connectivity index (χ1v) is 6.05. The summed E-state index contributed by atoms with van der Waals surface area (Å²) < 4.78 is 5.10. The molecule has 0 spiro atoms. The van der Waals surface area contributed by atoms with Crippen LogP contribution < -0.4 is 4.74 Å². The van der Waals surface area contributed by atoms with Gasteiger partial charge in [0.1, 0.15) is 5.75 Å². The summed E-state index contributed by atoms with van der Waals surface area (Å²) in [6.07, 6.45) is 0. The highest BCUT2D eigenvalue weighted by Gasteiger charge is 2.10. The van der Waals surface area contributed by atoms with Crippen molar-refractivity contribution < 1.29 is 4.74 Å². The fourth-order valence-electron chi connectivity index (χ4n) is 1.55. The van der Waals surface area contributed by atoms with E-state index in [1.54, 1.807) is 19.2 Å². The maximum Gasteiger partial charge on any atom is 0.120 e. The number of ether oxygens (including phenoxy) is 1. The minimum Gasteiger partial charge on any atom is -0.497 e. The lowest BCUT2D eigenvalue weighted by Gasteiger charge is -2.09. The Hall–Kier alpha value is -0.890. The number of halogens is 3. The average molecular weight is 288 g/mol. The maximum atomic E-state index is 6.19. The lowest BCUT2D eigenvalue weighted by Crippen LogP contribution is -1.86. The Morgan fingerprint density at radius 1 is 0.882 bits per heavy atom. The van der Waals surface area contributed by atoms with E-state index in [0.29, 0.717) is 20.8 Å². The first-order chi connectivity index (χ1) is 8.13. The second-order valence-electron chi connectivity index (χ2n) is 3.45. The molecule has 0 saturated carbocycles. The first kappa shape index (κ1) is 12.6. The zero-order valence-electron chi connectivity index (χ0n) is 9.01. The number of benzene rings is 2. The highest BCUT2D eigenvalue weighted by Crippen LogP contribution is 2.38. The topological polar surface area (TPSA) is 9.23 Å². The monoisotopic (exact) mass is 286 g/mol. The van der Waals surface area contributed by atoms with Crippen molar-refractivity contribution in [2.24, 2.45) is 0 Å². The molecule has 17 heavy (non-hydrogen) atoms. The van der Waals surface area contributed by atoms with E-state index in [4.69, 9.17) is 39.5 Å². The maximum absolute atomic E-state index is 6.19. The second-order valence-corrected chi connectivity index (χ2v) is 4.64. The third-order valence-electron chi connectivity index (χ3n) is 2.42. The summed E-state index contributed by atoms with van der Waals surface area (Å²) >= 11 is 18.3. The molecule has 88 valence electrons. The lowest BCUT2D eigenvalue weighted by molar-refractivity contribution is 0.415. The minimum atomic E-state index is 0.501. The Kier molecular flexibility index (Phi) is 3.82. The molecule has 0 aromatic heterocycles. The summed E-state index contributed by atoms with van der Waals surface area (Å²) in [5, 5.41) is 1.59. The van der Waals surface area contributed by atoms with Gasteiger partial charge in [-0.15, -0.1) is 0 Å². The normalized spacial score (nSPS) is 10.4. The second kappa shape index (κ2) is 5.18. The average Bonchev–Trinajstić information content (AvgIpc) is 2.33. The molecular formula is C13H9Cl3O. The van der Waals surface area contributed by atoms with E-state index < -0.39 is 0 Å². The Labute approximate surface area is 115 Å². The van der Waals surface area contributed by atoms with Crippen molar-refractivity contribution in [1.82, 2.24) is 0 Å². The van der Waals surface area contributed by atoms with Gasteiger partial charge in [-0.1, -0.05) is 46.9 Å². The van der Waals surface area contributed by atoms with Gasteiger partial charge in [0.15, 0.2) is 0 Å². The van der Waals surface area contributed by atoms with Gasteiger partial charge in [0.2, 0.25) is 0 Å². The zero-order chi connectivity index (χ0) is 12.4. The van der Waals surface area contributed by atoms with Crippen LogP contribution in [0.1, 0.15) is 0 Å². The third-order valence-corrected chi connectivity index (χ3v) is 3.55. The molecule has 0 aliphatic carbocycles. The van der Waals surface area contributed by atoms with Crippen LogP contribution in [-0.2, 0) is 0 Å². The number of methoxy groups -OCH3 is 1. The van der Waals surface area contributed by atoms with E-state index in [-0.39, 0.29) is 0 Å². The van der Waals surface area contributed by atoms with Crippen molar-refractivity contribution in [1.29, 1.82) is 0 Å². The largest absolute Gasteiger partial charge is 0.497 e. The zero-order valence-corrected chi connectivity index (χ0v) is 11.3. The van der Waals surface area contributed by atoms with Crippen LogP contribution in [0.15, 0.2) is 36.4 Å². The van der Waals surface area contributed by atoms with E-state index in [1.165, 1.54) is 0 Å². The molecule has 0 fully saturated rings. The molecule has 0 aliphatic heterocycles. The lowest BCUT2D eigenvalue weighted by atomic mass is 10.1. The van der Waals surface area contributed by atoms with Crippen molar-refractivity contribution in [3.63, 3.8) is 0 Å². The van der Waals surface area contributed by atoms with E-state index in [9.17, 15) is 0 Å². The molecule has 4 heteroatoms. The molecule has 0 amide bonds. The van der Waals surface area contributed by atoms with Gasteiger partial charge in [-0.25, -0.2) is 0 Å². The van der Waals surface area contributed by atoms with E-state index in [2.05, 4.69) is 0 Å². The van der Waals surface area contributed by atoms with Crippen LogP contribution in [0.2, 0.25) is 15.1 Å². The highest BCUT2D eigenvalue weighted by atomic mass is 35.5. The molecule has 0 heterocycles. The summed E-state index contributed by atoms with van der Waals surface area (Å²) in [5.74, 6) is 0.705. The quantitative estimate of drug-likeness (QED) is 0.726. The standard InChI is InChI=1S/C13H9Cl3O/c1-17-8-5-6-9(12(15)7-8)10-3-2-4-11(14)13(10)16/h2-7H,1H3. The van der Waals surface area contributed by atoms with E-state index in [1.807, 2.05) is 24.3 Å². The van der Waals surface area contributed by atoms with Crippen molar-refractivity contribution in [2.75, 3.05) is 7.11 Å². The molecule has 0 unspecified atom stereocenters. The van der Waals surface area contributed by atoms with Crippen molar-refractivity contribution >= 4 is 34.8 Å². The fourth-order valence-corrected chi connectivity index (χ4v) is 2.23. The van der Waals surface area contributed by atoms with Crippen molar-refractivity contribution in [3.8, 4) is 16.9 Å². The molecule has 0 N–H and O–H groups in total. The molecule has 0 atom stereocenters. The molecule has 1 nitrogen and oxygen atoms in total. The highest BCUT2D eigenvalue weighted by molar-refractivity contribution is 6.44. The predicted octanol–water partition coefficient (Wildman–Crippen LogP) is 5.32. The number of rotatable bonds is 2.